The molecular weight excluding hydrogens is 316 g/mol. The minimum Gasteiger partial charge on any atom is -0.354 e. The van der Waals surface area contributed by atoms with Crippen LogP contribution >= 0.6 is 11.6 Å². The average Bonchev–Trinajstić information content (AvgIpc) is 3.05. The van der Waals surface area contributed by atoms with Gasteiger partial charge in [-0.15, -0.1) is 0 Å². The van der Waals surface area contributed by atoms with Crippen LogP contribution in [-0.2, 0) is 11.3 Å². The maximum Gasteiger partial charge on any atom is 0.253 e. The first-order valence-corrected chi connectivity index (χ1v) is 7.74. The third kappa shape index (κ3) is 5.10. The molecular formula is C16H19ClN4O2. The number of hydrogen-bond acceptors (Lipinski definition) is 3. The third-order valence-electron chi connectivity index (χ3n) is 3.31. The molecule has 23 heavy (non-hydrogen) atoms. The highest BCUT2D eigenvalue weighted by molar-refractivity contribution is 6.33. The summed E-state index contributed by atoms with van der Waals surface area (Å²) in [6.45, 7) is 2.95. The maximum atomic E-state index is 12.1. The van der Waals surface area contributed by atoms with E-state index in [1.54, 1.807) is 43.7 Å². The largest absolute Gasteiger partial charge is 0.354 e. The first-order valence-electron chi connectivity index (χ1n) is 7.37. The van der Waals surface area contributed by atoms with Gasteiger partial charge in [-0.3, -0.25) is 9.59 Å². The van der Waals surface area contributed by atoms with Crippen molar-refractivity contribution in [1.82, 2.24) is 20.2 Å². The fourth-order valence-corrected chi connectivity index (χ4v) is 2.25. The van der Waals surface area contributed by atoms with Gasteiger partial charge in [-0.25, -0.2) is 4.98 Å². The molecule has 0 bridgehead atoms. The standard InChI is InChI=1S/C16H19ClN4O2/c1-12(20-16(23)13-5-2-3-6-14(13)17)15(22)19-7-4-9-21-10-8-18-11-21/h2-3,5-6,8,10-12H,4,7,9H2,1H3,(H,19,22)(H,20,23). The van der Waals surface area contributed by atoms with Gasteiger partial charge < -0.3 is 15.2 Å². The van der Waals surface area contributed by atoms with Crippen molar-refractivity contribution < 1.29 is 9.59 Å². The van der Waals surface area contributed by atoms with Crippen molar-refractivity contribution in [3.05, 3.63) is 53.6 Å². The summed E-state index contributed by atoms with van der Waals surface area (Å²) in [7, 11) is 0. The van der Waals surface area contributed by atoms with Gasteiger partial charge in [0.1, 0.15) is 6.04 Å². The zero-order valence-electron chi connectivity index (χ0n) is 12.8. The molecule has 2 N–H and O–H groups in total. The van der Waals surface area contributed by atoms with Gasteiger partial charge >= 0.3 is 0 Å². The van der Waals surface area contributed by atoms with Gasteiger partial charge in [-0.2, -0.15) is 0 Å². The molecule has 122 valence electrons. The Morgan fingerprint density at radius 2 is 2.13 bits per heavy atom. The second-order valence-electron chi connectivity index (χ2n) is 5.12. The molecule has 0 spiro atoms. The lowest BCUT2D eigenvalue weighted by atomic mass is 10.2. The molecule has 1 aromatic heterocycles. The number of amides is 2. The van der Waals surface area contributed by atoms with Gasteiger partial charge in [0.25, 0.3) is 5.91 Å². The highest BCUT2D eigenvalue weighted by atomic mass is 35.5. The predicted octanol–water partition coefficient (Wildman–Crippen LogP) is 1.86. The number of hydrogen-bond donors (Lipinski definition) is 2. The monoisotopic (exact) mass is 334 g/mol. The number of nitrogens with one attached hydrogen (secondary N) is 2. The lowest BCUT2D eigenvalue weighted by Gasteiger charge is -2.14. The van der Waals surface area contributed by atoms with Crippen molar-refractivity contribution in [2.45, 2.75) is 25.9 Å². The number of benzene rings is 1. The molecule has 6 nitrogen and oxygen atoms in total. The SMILES string of the molecule is CC(NC(=O)c1ccccc1Cl)C(=O)NCCCn1ccnc1. The zero-order valence-corrected chi connectivity index (χ0v) is 13.6. The lowest BCUT2D eigenvalue weighted by Crippen LogP contribution is -2.45. The Labute approximate surface area is 139 Å². The van der Waals surface area contributed by atoms with Crippen molar-refractivity contribution in [1.29, 1.82) is 0 Å². The fourth-order valence-electron chi connectivity index (χ4n) is 2.03. The maximum absolute atomic E-state index is 12.1. The van der Waals surface area contributed by atoms with E-state index in [1.165, 1.54) is 0 Å². The summed E-state index contributed by atoms with van der Waals surface area (Å²) in [6, 6.07) is 6.09. The summed E-state index contributed by atoms with van der Waals surface area (Å²) < 4.78 is 1.94. The van der Waals surface area contributed by atoms with Gasteiger partial charge in [-0.05, 0) is 25.5 Å². The molecule has 0 aliphatic rings. The molecule has 1 unspecified atom stereocenters. The third-order valence-corrected chi connectivity index (χ3v) is 3.64. The first-order chi connectivity index (χ1) is 11.1. The predicted molar refractivity (Wildman–Crippen MR) is 88.2 cm³/mol. The first kappa shape index (κ1) is 17.0. The van der Waals surface area contributed by atoms with Crippen molar-refractivity contribution in [2.75, 3.05) is 6.54 Å². The number of aromatic nitrogens is 2. The van der Waals surface area contributed by atoms with Crippen LogP contribution in [0.1, 0.15) is 23.7 Å². The van der Waals surface area contributed by atoms with Crippen molar-refractivity contribution in [2.24, 2.45) is 0 Å². The molecule has 1 atom stereocenters. The Kier molecular flexibility index (Phi) is 6.17. The van der Waals surface area contributed by atoms with Crippen LogP contribution in [0.2, 0.25) is 5.02 Å². The Morgan fingerprint density at radius 3 is 2.83 bits per heavy atom. The molecule has 1 heterocycles. The molecule has 0 radical (unpaired) electrons. The van der Waals surface area contributed by atoms with Crippen LogP contribution in [0.3, 0.4) is 0 Å². The summed E-state index contributed by atoms with van der Waals surface area (Å²) in [4.78, 5) is 28.0. The topological polar surface area (TPSA) is 76.0 Å². The van der Waals surface area contributed by atoms with Crippen LogP contribution in [0.4, 0.5) is 0 Å². The van der Waals surface area contributed by atoms with Gasteiger partial charge in [0, 0.05) is 25.5 Å². The van der Waals surface area contributed by atoms with E-state index in [2.05, 4.69) is 15.6 Å². The molecule has 0 aliphatic heterocycles. The summed E-state index contributed by atoms with van der Waals surface area (Å²) in [5.41, 5.74) is 0.355. The van der Waals surface area contributed by atoms with Crippen molar-refractivity contribution in [3.63, 3.8) is 0 Å². The number of carbonyl (C=O) groups is 2. The number of aryl methyl sites for hydroxylation is 1. The lowest BCUT2D eigenvalue weighted by molar-refractivity contribution is -0.122. The minimum atomic E-state index is -0.632. The summed E-state index contributed by atoms with van der Waals surface area (Å²) >= 11 is 5.96. The second kappa shape index (κ2) is 8.33. The molecule has 1 aromatic carbocycles. The quantitative estimate of drug-likeness (QED) is 0.759. The van der Waals surface area contributed by atoms with E-state index in [1.807, 2.05) is 10.8 Å². The van der Waals surface area contributed by atoms with Crippen LogP contribution in [0.15, 0.2) is 43.0 Å². The van der Waals surface area contributed by atoms with Crippen LogP contribution < -0.4 is 10.6 Å². The Balaban J connectivity index is 1.74. The Bertz CT molecular complexity index is 658. The highest BCUT2D eigenvalue weighted by Gasteiger charge is 2.17. The smallest absolute Gasteiger partial charge is 0.253 e. The van der Waals surface area contributed by atoms with Gasteiger partial charge in [0.15, 0.2) is 0 Å². The van der Waals surface area contributed by atoms with Crippen LogP contribution in [0, 0.1) is 0 Å². The molecule has 2 rings (SSSR count). The molecule has 0 saturated carbocycles. The van der Waals surface area contributed by atoms with E-state index in [-0.39, 0.29) is 11.8 Å². The molecule has 0 saturated heterocycles. The Morgan fingerprint density at radius 1 is 1.35 bits per heavy atom. The van der Waals surface area contributed by atoms with Crippen LogP contribution in [0.5, 0.6) is 0 Å². The molecule has 0 aliphatic carbocycles. The number of carbonyl (C=O) groups excluding carboxylic acids is 2. The van der Waals surface area contributed by atoms with Gasteiger partial charge in [-0.1, -0.05) is 23.7 Å². The average molecular weight is 335 g/mol. The molecule has 7 heteroatoms. The van der Waals surface area contributed by atoms with E-state index >= 15 is 0 Å². The number of nitrogens with zero attached hydrogens (tertiary/aromatic N) is 2. The molecule has 0 fully saturated rings. The van der Waals surface area contributed by atoms with E-state index in [4.69, 9.17) is 11.6 Å². The number of rotatable bonds is 7. The van der Waals surface area contributed by atoms with E-state index in [0.717, 1.165) is 13.0 Å². The summed E-state index contributed by atoms with van der Waals surface area (Å²) in [6.07, 6.45) is 6.10. The summed E-state index contributed by atoms with van der Waals surface area (Å²) in [5, 5.41) is 5.80. The van der Waals surface area contributed by atoms with Crippen molar-refractivity contribution >= 4 is 23.4 Å². The molecule has 2 aromatic rings. The fraction of sp³-hybridized carbons (Fsp3) is 0.312. The summed E-state index contributed by atoms with van der Waals surface area (Å²) in [5.74, 6) is -0.590. The van der Waals surface area contributed by atoms with Crippen LogP contribution in [0.25, 0.3) is 0 Å². The zero-order chi connectivity index (χ0) is 16.7. The van der Waals surface area contributed by atoms with E-state index in [9.17, 15) is 9.59 Å². The van der Waals surface area contributed by atoms with Gasteiger partial charge in [0.2, 0.25) is 5.91 Å². The Hall–Kier alpha value is -2.34. The molecule has 2 amide bonds. The normalized spacial score (nSPS) is 11.7. The number of halogens is 1. The number of imidazole rings is 1. The van der Waals surface area contributed by atoms with Gasteiger partial charge in [0.05, 0.1) is 16.9 Å². The van der Waals surface area contributed by atoms with Crippen molar-refractivity contribution in [3.8, 4) is 0 Å². The minimum absolute atomic E-state index is 0.226. The van der Waals surface area contributed by atoms with E-state index in [0.29, 0.717) is 17.1 Å². The van der Waals surface area contributed by atoms with E-state index < -0.39 is 6.04 Å². The second-order valence-corrected chi connectivity index (χ2v) is 5.53. The highest BCUT2D eigenvalue weighted by Crippen LogP contribution is 2.14. The van der Waals surface area contributed by atoms with Crippen LogP contribution in [-0.4, -0.2) is 34.0 Å².